The van der Waals surface area contributed by atoms with Crippen molar-refractivity contribution in [1.29, 1.82) is 0 Å². The Kier molecular flexibility index (Phi) is 4.65. The number of rotatable bonds is 5. The Balaban J connectivity index is 1.63. The van der Waals surface area contributed by atoms with Gasteiger partial charge in [-0.2, -0.15) is 0 Å². The summed E-state index contributed by atoms with van der Waals surface area (Å²) < 4.78 is 5.64. The lowest BCUT2D eigenvalue weighted by atomic mass is 10.0. The molecule has 1 aliphatic carbocycles. The first-order chi connectivity index (χ1) is 11.5. The summed E-state index contributed by atoms with van der Waals surface area (Å²) >= 11 is 0. The van der Waals surface area contributed by atoms with Crippen LogP contribution in [0.2, 0.25) is 0 Å². The minimum atomic E-state index is -0.210. The number of ketones is 1. The van der Waals surface area contributed by atoms with E-state index >= 15 is 0 Å². The Labute approximate surface area is 141 Å². The summed E-state index contributed by atoms with van der Waals surface area (Å²) in [7, 11) is 0. The quantitative estimate of drug-likeness (QED) is 0.906. The van der Waals surface area contributed by atoms with E-state index in [9.17, 15) is 9.59 Å². The number of anilines is 1. The molecule has 0 saturated carbocycles. The number of nitrogens with one attached hydrogen (secondary N) is 1. The molecule has 0 heterocycles. The van der Waals surface area contributed by atoms with Crippen LogP contribution < -0.4 is 10.1 Å². The highest BCUT2D eigenvalue weighted by atomic mass is 16.5. The molecule has 2 aromatic rings. The van der Waals surface area contributed by atoms with Crippen LogP contribution in [0.4, 0.5) is 5.69 Å². The number of hydrogen-bond acceptors (Lipinski definition) is 3. The van der Waals surface area contributed by atoms with Crippen molar-refractivity contribution >= 4 is 17.4 Å². The number of amides is 1. The fourth-order valence-corrected chi connectivity index (χ4v) is 2.91. The number of ether oxygens (including phenoxy) is 1. The molecular weight excluding hydrogens is 302 g/mol. The molecule has 3 rings (SSSR count). The van der Waals surface area contributed by atoms with E-state index in [-0.39, 0.29) is 18.3 Å². The van der Waals surface area contributed by atoms with Crippen LogP contribution in [0, 0.1) is 0 Å². The number of Topliss-reactive ketones (excluding diaryl/α,β-unsaturated/α-hetero) is 1. The summed E-state index contributed by atoms with van der Waals surface area (Å²) in [6.07, 6.45) is 1.20. The maximum absolute atomic E-state index is 12.1. The van der Waals surface area contributed by atoms with Crippen LogP contribution in [0.5, 0.6) is 5.75 Å². The molecule has 24 heavy (non-hydrogen) atoms. The summed E-state index contributed by atoms with van der Waals surface area (Å²) in [5.74, 6) is 0.968. The number of fused-ring (bicyclic) bond motifs is 1. The zero-order valence-electron chi connectivity index (χ0n) is 14.0. The highest BCUT2D eigenvalue weighted by molar-refractivity contribution is 6.01. The van der Waals surface area contributed by atoms with Crippen LogP contribution >= 0.6 is 0 Å². The summed E-state index contributed by atoms with van der Waals surface area (Å²) in [6.45, 7) is 4.15. The Morgan fingerprint density at radius 3 is 2.75 bits per heavy atom. The molecule has 1 N–H and O–H groups in total. The second-order valence-corrected chi connectivity index (χ2v) is 6.32. The van der Waals surface area contributed by atoms with Crippen LogP contribution in [0.25, 0.3) is 0 Å². The van der Waals surface area contributed by atoms with Crippen molar-refractivity contribution in [2.45, 2.75) is 32.6 Å². The van der Waals surface area contributed by atoms with Crippen molar-refractivity contribution in [1.82, 2.24) is 0 Å². The van der Waals surface area contributed by atoms with Gasteiger partial charge in [-0.05, 0) is 36.1 Å². The van der Waals surface area contributed by atoms with Gasteiger partial charge in [-0.25, -0.2) is 0 Å². The van der Waals surface area contributed by atoms with Gasteiger partial charge in [0.1, 0.15) is 5.75 Å². The Morgan fingerprint density at radius 2 is 1.96 bits per heavy atom. The van der Waals surface area contributed by atoms with E-state index in [1.807, 2.05) is 36.4 Å². The van der Waals surface area contributed by atoms with E-state index in [0.717, 1.165) is 16.8 Å². The predicted octanol–water partition coefficient (Wildman–Crippen LogP) is 3.96. The second kappa shape index (κ2) is 6.87. The summed E-state index contributed by atoms with van der Waals surface area (Å²) in [5, 5.41) is 2.85. The van der Waals surface area contributed by atoms with Gasteiger partial charge in [0.05, 0.1) is 0 Å². The molecule has 0 radical (unpaired) electrons. The van der Waals surface area contributed by atoms with Crippen molar-refractivity contribution in [3.8, 4) is 5.75 Å². The third-order valence-corrected chi connectivity index (χ3v) is 4.23. The molecule has 0 fully saturated rings. The highest BCUT2D eigenvalue weighted by Crippen LogP contribution is 2.30. The lowest BCUT2D eigenvalue weighted by Crippen LogP contribution is -2.20. The molecule has 2 aromatic carbocycles. The van der Waals surface area contributed by atoms with Gasteiger partial charge in [-0.15, -0.1) is 0 Å². The minimum absolute atomic E-state index is 0.0729. The molecule has 1 aliphatic rings. The van der Waals surface area contributed by atoms with Crippen molar-refractivity contribution in [3.63, 3.8) is 0 Å². The second-order valence-electron chi connectivity index (χ2n) is 6.32. The summed E-state index contributed by atoms with van der Waals surface area (Å²) in [6, 6.07) is 13.2. The molecule has 0 aromatic heterocycles. The van der Waals surface area contributed by atoms with E-state index in [0.29, 0.717) is 24.5 Å². The van der Waals surface area contributed by atoms with E-state index in [2.05, 4.69) is 19.2 Å². The Bertz CT molecular complexity index is 780. The van der Waals surface area contributed by atoms with Gasteiger partial charge in [-0.1, -0.05) is 38.1 Å². The van der Waals surface area contributed by atoms with E-state index < -0.39 is 0 Å². The number of benzene rings is 2. The maximum Gasteiger partial charge on any atom is 0.262 e. The molecule has 0 atom stereocenters. The third kappa shape index (κ3) is 3.48. The van der Waals surface area contributed by atoms with Crippen molar-refractivity contribution in [2.75, 3.05) is 11.9 Å². The first-order valence-electron chi connectivity index (χ1n) is 8.22. The van der Waals surface area contributed by atoms with Gasteiger partial charge in [0.2, 0.25) is 0 Å². The van der Waals surface area contributed by atoms with Gasteiger partial charge in [0.15, 0.2) is 12.4 Å². The van der Waals surface area contributed by atoms with Gasteiger partial charge in [0.25, 0.3) is 5.91 Å². The molecule has 1 amide bonds. The first-order valence-corrected chi connectivity index (χ1v) is 8.22. The van der Waals surface area contributed by atoms with Crippen molar-refractivity contribution < 1.29 is 14.3 Å². The Hall–Kier alpha value is -2.62. The summed E-state index contributed by atoms with van der Waals surface area (Å²) in [4.78, 5) is 23.9. The zero-order chi connectivity index (χ0) is 17.1. The molecule has 4 nitrogen and oxygen atoms in total. The van der Waals surface area contributed by atoms with Crippen molar-refractivity contribution in [3.05, 3.63) is 59.2 Å². The van der Waals surface area contributed by atoms with Crippen LogP contribution in [0.1, 0.15) is 47.7 Å². The smallest absolute Gasteiger partial charge is 0.262 e. The molecule has 0 aliphatic heterocycles. The topological polar surface area (TPSA) is 55.4 Å². The number of carbonyl (C=O) groups excluding carboxylic acids is 2. The van der Waals surface area contributed by atoms with Crippen LogP contribution in [0.3, 0.4) is 0 Å². The third-order valence-electron chi connectivity index (χ3n) is 4.23. The largest absolute Gasteiger partial charge is 0.483 e. The SMILES string of the molecule is CC(C)c1cccc(NC(=O)COc2cccc3c2CCC3=O)c1. The molecule has 0 unspecified atom stereocenters. The molecular formula is C20H21NO3. The molecule has 0 bridgehead atoms. The normalized spacial score (nSPS) is 13.0. The van der Waals surface area contributed by atoms with E-state index in [1.165, 1.54) is 5.56 Å². The lowest BCUT2D eigenvalue weighted by molar-refractivity contribution is -0.118. The zero-order valence-corrected chi connectivity index (χ0v) is 14.0. The van der Waals surface area contributed by atoms with Crippen LogP contribution in [-0.2, 0) is 11.2 Å². The van der Waals surface area contributed by atoms with Crippen LogP contribution in [-0.4, -0.2) is 18.3 Å². The van der Waals surface area contributed by atoms with Gasteiger partial charge < -0.3 is 10.1 Å². The standard InChI is InChI=1S/C20H21NO3/c1-13(2)14-5-3-6-15(11-14)21-20(23)12-24-19-8-4-7-16-17(19)9-10-18(16)22/h3-8,11,13H,9-10,12H2,1-2H3,(H,21,23). The molecule has 124 valence electrons. The minimum Gasteiger partial charge on any atom is -0.483 e. The highest BCUT2D eigenvalue weighted by Gasteiger charge is 2.22. The Morgan fingerprint density at radius 1 is 1.17 bits per heavy atom. The molecule has 4 heteroatoms. The first kappa shape index (κ1) is 16.2. The van der Waals surface area contributed by atoms with Gasteiger partial charge in [0, 0.05) is 23.2 Å². The van der Waals surface area contributed by atoms with Crippen LogP contribution in [0.15, 0.2) is 42.5 Å². The van der Waals surface area contributed by atoms with E-state index in [4.69, 9.17) is 4.74 Å². The van der Waals surface area contributed by atoms with Crippen molar-refractivity contribution in [2.24, 2.45) is 0 Å². The monoisotopic (exact) mass is 323 g/mol. The fourth-order valence-electron chi connectivity index (χ4n) is 2.91. The summed E-state index contributed by atoms with van der Waals surface area (Å²) in [5.41, 5.74) is 3.58. The molecule has 0 saturated heterocycles. The van der Waals surface area contributed by atoms with Gasteiger partial charge >= 0.3 is 0 Å². The van der Waals surface area contributed by atoms with E-state index in [1.54, 1.807) is 6.07 Å². The number of hydrogen-bond donors (Lipinski definition) is 1. The lowest BCUT2D eigenvalue weighted by Gasteiger charge is -2.12. The predicted molar refractivity (Wildman–Crippen MR) is 93.7 cm³/mol. The maximum atomic E-state index is 12.1. The molecule has 0 spiro atoms. The number of carbonyl (C=O) groups is 2. The average molecular weight is 323 g/mol. The fraction of sp³-hybridized carbons (Fsp3) is 0.300. The van der Waals surface area contributed by atoms with Gasteiger partial charge in [-0.3, -0.25) is 9.59 Å². The average Bonchev–Trinajstić information content (AvgIpc) is 2.95.